The lowest BCUT2D eigenvalue weighted by Crippen LogP contribution is -1.93. The third-order valence-corrected chi connectivity index (χ3v) is 14.5. The van der Waals surface area contributed by atoms with Gasteiger partial charge in [0.05, 0.1) is 43.9 Å². The first-order chi connectivity index (χ1) is 20.0. The van der Waals surface area contributed by atoms with Crippen molar-refractivity contribution in [2.24, 2.45) is 0 Å². The summed E-state index contributed by atoms with van der Waals surface area (Å²) in [5.74, 6) is -0.401. The van der Waals surface area contributed by atoms with Crippen molar-refractivity contribution in [3.05, 3.63) is 90.0 Å². The van der Waals surface area contributed by atoms with Gasteiger partial charge in [0, 0.05) is 41.3 Å². The van der Waals surface area contributed by atoms with Crippen molar-refractivity contribution in [2.75, 3.05) is 0 Å². The van der Waals surface area contributed by atoms with Gasteiger partial charge in [-0.05, 0) is 67.6 Å². The first kappa shape index (κ1) is 23.2. The number of halogens is 2. The maximum absolute atomic E-state index is 14.5. The second-order valence-electron chi connectivity index (χ2n) is 10.5. The molecule has 0 bridgehead atoms. The first-order valence-corrected chi connectivity index (χ1v) is 17.1. The molecule has 0 amide bonds. The van der Waals surface area contributed by atoms with Crippen LogP contribution in [0.15, 0.2) is 72.8 Å². The topological polar surface area (TPSA) is 4.93 Å². The fourth-order valence-electron chi connectivity index (χ4n) is 6.15. The summed E-state index contributed by atoms with van der Waals surface area (Å²) in [6.45, 7) is 2.09. The largest absolute Gasteiger partial charge is 0.307 e. The van der Waals surface area contributed by atoms with Crippen LogP contribution in [0.1, 0.15) is 5.56 Å². The van der Waals surface area contributed by atoms with Gasteiger partial charge < -0.3 is 4.57 Å². The minimum absolute atomic E-state index is 0.181. The van der Waals surface area contributed by atoms with E-state index in [1.807, 2.05) is 57.5 Å². The van der Waals surface area contributed by atoms with Gasteiger partial charge in [0.15, 0.2) is 0 Å². The summed E-state index contributed by atoms with van der Waals surface area (Å²) < 4.78 is 43.1. The molecule has 0 fully saturated rings. The summed E-state index contributed by atoms with van der Waals surface area (Å²) in [5.41, 5.74) is 4.32. The molecule has 10 rings (SSSR count). The second kappa shape index (κ2) is 7.91. The van der Waals surface area contributed by atoms with Crippen molar-refractivity contribution in [1.82, 2.24) is 4.57 Å². The Morgan fingerprint density at radius 1 is 0.488 bits per heavy atom. The molecule has 8 heteroatoms. The SMILES string of the molecule is Cc1ccc(-n2c3cc(F)ccc3c3sc4c5cc6sc7c(sc8c9ccc(F)cc9sc87)c6cc5sc4c32)cc1. The van der Waals surface area contributed by atoms with Crippen molar-refractivity contribution in [1.29, 1.82) is 0 Å². The number of fused-ring (bicyclic) bond motifs is 14. The molecule has 0 saturated heterocycles. The maximum Gasteiger partial charge on any atom is 0.125 e. The van der Waals surface area contributed by atoms with E-state index in [0.29, 0.717) is 0 Å². The average Bonchev–Trinajstić information content (AvgIpc) is 3.77. The third-order valence-electron chi connectivity index (χ3n) is 8.02. The van der Waals surface area contributed by atoms with Gasteiger partial charge >= 0.3 is 0 Å². The van der Waals surface area contributed by atoms with Gasteiger partial charge in [-0.15, -0.1) is 56.7 Å². The molecule has 0 aliphatic carbocycles. The zero-order valence-corrected chi connectivity index (χ0v) is 25.3. The zero-order chi connectivity index (χ0) is 27.1. The number of aromatic nitrogens is 1. The standard InChI is InChI=1S/C33H15F2NS5/c1-14-2-6-17(7-3-14)36-22-10-15(34)4-8-18(22)27-26(36)31-29(40-27)20-12-25-21(13-24(20)37-31)30-33(39-25)32-28(41-30)19-9-5-16(35)11-23(19)38-32/h2-13H,1H3. The lowest BCUT2D eigenvalue weighted by molar-refractivity contribution is 0.629. The van der Waals surface area contributed by atoms with E-state index in [2.05, 4.69) is 47.9 Å². The van der Waals surface area contributed by atoms with E-state index in [9.17, 15) is 8.78 Å². The van der Waals surface area contributed by atoms with E-state index >= 15 is 0 Å². The zero-order valence-electron chi connectivity index (χ0n) is 21.2. The lowest BCUT2D eigenvalue weighted by Gasteiger charge is -2.07. The van der Waals surface area contributed by atoms with Crippen LogP contribution in [-0.4, -0.2) is 4.57 Å². The van der Waals surface area contributed by atoms with Gasteiger partial charge in [0.2, 0.25) is 0 Å². The number of aryl methyl sites for hydroxylation is 1. The minimum atomic E-state index is -0.221. The van der Waals surface area contributed by atoms with Crippen molar-refractivity contribution in [3.63, 3.8) is 0 Å². The highest BCUT2D eigenvalue weighted by Crippen LogP contribution is 2.53. The van der Waals surface area contributed by atoms with Crippen LogP contribution in [0.4, 0.5) is 8.78 Å². The minimum Gasteiger partial charge on any atom is -0.307 e. The van der Waals surface area contributed by atoms with Crippen LogP contribution in [0.5, 0.6) is 0 Å². The van der Waals surface area contributed by atoms with Crippen LogP contribution in [0.25, 0.3) is 85.3 Å². The van der Waals surface area contributed by atoms with E-state index in [0.717, 1.165) is 26.7 Å². The molecule has 6 aromatic heterocycles. The Labute approximate surface area is 250 Å². The molecule has 0 N–H and O–H groups in total. The first-order valence-electron chi connectivity index (χ1n) is 13.0. The molecule has 4 aromatic carbocycles. The highest BCUT2D eigenvalue weighted by atomic mass is 32.1. The summed E-state index contributed by atoms with van der Waals surface area (Å²) in [6.07, 6.45) is 0. The third kappa shape index (κ3) is 3.01. The number of hydrogen-bond donors (Lipinski definition) is 0. The van der Waals surface area contributed by atoms with E-state index in [1.54, 1.807) is 35.6 Å². The number of thiophene rings is 5. The number of nitrogens with zero attached hydrogens (tertiary/aromatic N) is 1. The molecule has 0 saturated carbocycles. The van der Waals surface area contributed by atoms with E-state index in [1.165, 1.54) is 64.2 Å². The molecular weight excluding hydrogens is 609 g/mol. The smallest absolute Gasteiger partial charge is 0.125 e. The Morgan fingerprint density at radius 2 is 1.05 bits per heavy atom. The summed E-state index contributed by atoms with van der Waals surface area (Å²) in [4.78, 5) is 0. The van der Waals surface area contributed by atoms with Crippen LogP contribution in [-0.2, 0) is 0 Å². The van der Waals surface area contributed by atoms with Gasteiger partial charge in [0.25, 0.3) is 0 Å². The molecule has 0 atom stereocenters. The normalized spacial score (nSPS) is 12.8. The molecule has 10 aromatic rings. The number of rotatable bonds is 1. The molecule has 0 aliphatic rings. The van der Waals surface area contributed by atoms with Crippen molar-refractivity contribution >= 4 is 136 Å². The van der Waals surface area contributed by atoms with E-state index in [-0.39, 0.29) is 11.6 Å². The van der Waals surface area contributed by atoms with Crippen molar-refractivity contribution in [2.45, 2.75) is 6.92 Å². The fraction of sp³-hybridized carbons (Fsp3) is 0.0303. The Balaban J connectivity index is 1.29. The van der Waals surface area contributed by atoms with Crippen LogP contribution < -0.4 is 0 Å². The molecule has 0 unspecified atom stereocenters. The monoisotopic (exact) mass is 623 g/mol. The summed E-state index contributed by atoms with van der Waals surface area (Å²) >= 11 is 9.03. The quantitative estimate of drug-likeness (QED) is 0.171. The Hall–Kier alpha value is -3.40. The molecule has 0 aliphatic heterocycles. The van der Waals surface area contributed by atoms with Crippen molar-refractivity contribution < 1.29 is 8.78 Å². The van der Waals surface area contributed by atoms with Gasteiger partial charge in [-0.1, -0.05) is 17.7 Å². The van der Waals surface area contributed by atoms with Gasteiger partial charge in [-0.3, -0.25) is 0 Å². The molecule has 196 valence electrons. The van der Waals surface area contributed by atoms with Gasteiger partial charge in [0.1, 0.15) is 11.6 Å². The van der Waals surface area contributed by atoms with Crippen LogP contribution >= 0.6 is 56.7 Å². The maximum atomic E-state index is 14.5. The second-order valence-corrected chi connectivity index (χ2v) is 15.7. The summed E-state index contributed by atoms with van der Waals surface area (Å²) in [7, 11) is 0. The summed E-state index contributed by atoms with van der Waals surface area (Å²) in [5, 5.41) is 4.82. The van der Waals surface area contributed by atoms with E-state index < -0.39 is 0 Å². The fourth-order valence-corrected chi connectivity index (χ4v) is 13.2. The number of benzene rings is 4. The highest BCUT2D eigenvalue weighted by Gasteiger charge is 2.23. The predicted molar refractivity (Wildman–Crippen MR) is 180 cm³/mol. The Kier molecular flexibility index (Phi) is 4.47. The van der Waals surface area contributed by atoms with Crippen LogP contribution in [0.3, 0.4) is 0 Å². The average molecular weight is 624 g/mol. The molecule has 41 heavy (non-hydrogen) atoms. The lowest BCUT2D eigenvalue weighted by atomic mass is 10.2. The van der Waals surface area contributed by atoms with Gasteiger partial charge in [-0.2, -0.15) is 0 Å². The summed E-state index contributed by atoms with van der Waals surface area (Å²) in [6, 6.07) is 23.5. The molecule has 0 radical (unpaired) electrons. The highest BCUT2D eigenvalue weighted by molar-refractivity contribution is 7.43. The molecule has 6 heterocycles. The predicted octanol–water partition coefficient (Wildman–Crippen LogP) is 12.6. The Bertz CT molecular complexity index is 2730. The van der Waals surface area contributed by atoms with Crippen molar-refractivity contribution in [3.8, 4) is 5.69 Å². The number of hydrogen-bond acceptors (Lipinski definition) is 5. The molecule has 0 spiro atoms. The Morgan fingerprint density at radius 3 is 1.78 bits per heavy atom. The van der Waals surface area contributed by atoms with E-state index in [4.69, 9.17) is 0 Å². The molecular formula is C33H15F2NS5. The van der Waals surface area contributed by atoms with Gasteiger partial charge in [-0.25, -0.2) is 8.78 Å². The molecule has 1 nitrogen and oxygen atoms in total. The van der Waals surface area contributed by atoms with Crippen LogP contribution in [0, 0.1) is 18.6 Å². The van der Waals surface area contributed by atoms with Crippen LogP contribution in [0.2, 0.25) is 0 Å².